The SMILES string of the molecule is CC(NCC1CC2CCC1C2)C(=O)O. The third-order valence-corrected chi connectivity index (χ3v) is 3.94. The van der Waals surface area contributed by atoms with Gasteiger partial charge in [0.25, 0.3) is 0 Å². The minimum Gasteiger partial charge on any atom is -0.480 e. The fraction of sp³-hybridized carbons (Fsp3) is 0.909. The summed E-state index contributed by atoms with van der Waals surface area (Å²) in [5, 5.41) is 11.8. The van der Waals surface area contributed by atoms with Crippen molar-refractivity contribution in [1.82, 2.24) is 5.32 Å². The molecule has 0 saturated heterocycles. The highest BCUT2D eigenvalue weighted by molar-refractivity contribution is 5.72. The van der Waals surface area contributed by atoms with Crippen LogP contribution in [0.25, 0.3) is 0 Å². The number of aliphatic carboxylic acids is 1. The van der Waals surface area contributed by atoms with Gasteiger partial charge in [0.05, 0.1) is 0 Å². The van der Waals surface area contributed by atoms with E-state index in [4.69, 9.17) is 5.11 Å². The van der Waals surface area contributed by atoms with Crippen molar-refractivity contribution in [2.45, 2.75) is 38.6 Å². The molecule has 0 radical (unpaired) electrons. The van der Waals surface area contributed by atoms with E-state index in [-0.39, 0.29) is 0 Å². The molecule has 0 heterocycles. The highest BCUT2D eigenvalue weighted by Gasteiger charge is 2.39. The lowest BCUT2D eigenvalue weighted by Crippen LogP contribution is -2.38. The van der Waals surface area contributed by atoms with E-state index < -0.39 is 12.0 Å². The van der Waals surface area contributed by atoms with Crippen LogP contribution in [-0.4, -0.2) is 23.7 Å². The average molecular weight is 197 g/mol. The summed E-state index contributed by atoms with van der Waals surface area (Å²) in [6.07, 6.45) is 5.51. The van der Waals surface area contributed by atoms with Gasteiger partial charge in [-0.05, 0) is 50.5 Å². The number of carboxylic acid groups (broad SMARTS) is 1. The summed E-state index contributed by atoms with van der Waals surface area (Å²) >= 11 is 0. The predicted octanol–water partition coefficient (Wildman–Crippen LogP) is 1.49. The third-order valence-electron chi connectivity index (χ3n) is 3.94. The third kappa shape index (κ3) is 1.92. The minimum absolute atomic E-state index is 0.394. The van der Waals surface area contributed by atoms with Crippen molar-refractivity contribution < 1.29 is 9.90 Å². The maximum atomic E-state index is 10.6. The molecule has 0 spiro atoms. The molecule has 2 N–H and O–H groups in total. The number of carbonyl (C=O) groups is 1. The number of rotatable bonds is 4. The number of fused-ring (bicyclic) bond motifs is 2. The van der Waals surface area contributed by atoms with Crippen molar-refractivity contribution in [3.8, 4) is 0 Å². The van der Waals surface area contributed by atoms with Crippen molar-refractivity contribution in [2.24, 2.45) is 17.8 Å². The van der Waals surface area contributed by atoms with E-state index in [1.807, 2.05) is 0 Å². The van der Waals surface area contributed by atoms with Crippen LogP contribution in [0.2, 0.25) is 0 Å². The lowest BCUT2D eigenvalue weighted by molar-refractivity contribution is -0.139. The van der Waals surface area contributed by atoms with Crippen molar-refractivity contribution in [1.29, 1.82) is 0 Å². The molecule has 2 aliphatic carbocycles. The Morgan fingerprint density at radius 2 is 2.29 bits per heavy atom. The zero-order valence-corrected chi connectivity index (χ0v) is 8.70. The average Bonchev–Trinajstić information content (AvgIpc) is 2.74. The quantitative estimate of drug-likeness (QED) is 0.717. The van der Waals surface area contributed by atoms with Crippen molar-refractivity contribution in [3.05, 3.63) is 0 Å². The molecule has 2 saturated carbocycles. The lowest BCUT2D eigenvalue weighted by atomic mass is 9.89. The van der Waals surface area contributed by atoms with E-state index in [9.17, 15) is 4.79 Å². The highest BCUT2D eigenvalue weighted by Crippen LogP contribution is 2.47. The Morgan fingerprint density at radius 1 is 1.50 bits per heavy atom. The molecular formula is C11H19NO2. The molecule has 4 atom stereocenters. The first-order chi connectivity index (χ1) is 6.66. The first-order valence-corrected chi connectivity index (χ1v) is 5.63. The maximum absolute atomic E-state index is 10.6. The molecule has 4 unspecified atom stereocenters. The van der Waals surface area contributed by atoms with Gasteiger partial charge in [-0.1, -0.05) is 6.42 Å². The summed E-state index contributed by atoms with van der Waals surface area (Å²) in [5.74, 6) is 1.84. The highest BCUT2D eigenvalue weighted by atomic mass is 16.4. The molecule has 2 aliphatic rings. The van der Waals surface area contributed by atoms with Crippen LogP contribution < -0.4 is 5.32 Å². The van der Waals surface area contributed by atoms with Crippen LogP contribution in [0.1, 0.15) is 32.6 Å². The lowest BCUT2D eigenvalue weighted by Gasteiger charge is -2.22. The number of carboxylic acids is 1. The van der Waals surface area contributed by atoms with Crippen LogP contribution in [0.5, 0.6) is 0 Å². The molecule has 0 aromatic rings. The van der Waals surface area contributed by atoms with Crippen LogP contribution in [0.3, 0.4) is 0 Å². The van der Waals surface area contributed by atoms with E-state index in [0.29, 0.717) is 0 Å². The van der Waals surface area contributed by atoms with Gasteiger partial charge in [0.1, 0.15) is 6.04 Å². The smallest absolute Gasteiger partial charge is 0.320 e. The molecule has 0 aliphatic heterocycles. The van der Waals surface area contributed by atoms with Crippen molar-refractivity contribution in [2.75, 3.05) is 6.54 Å². The molecule has 2 rings (SSSR count). The summed E-state index contributed by atoms with van der Waals surface area (Å²) in [7, 11) is 0. The summed E-state index contributed by atoms with van der Waals surface area (Å²) < 4.78 is 0. The normalized spacial score (nSPS) is 37.4. The predicted molar refractivity (Wildman–Crippen MR) is 54.0 cm³/mol. The number of hydrogen-bond acceptors (Lipinski definition) is 2. The Balaban J connectivity index is 1.74. The molecule has 3 nitrogen and oxygen atoms in total. The second-order valence-electron chi connectivity index (χ2n) is 4.90. The first kappa shape index (κ1) is 9.97. The Hall–Kier alpha value is -0.570. The molecule has 2 fully saturated rings. The van der Waals surface area contributed by atoms with Gasteiger partial charge in [-0.2, -0.15) is 0 Å². The van der Waals surface area contributed by atoms with Crippen molar-refractivity contribution >= 4 is 5.97 Å². The van der Waals surface area contributed by atoms with Gasteiger partial charge < -0.3 is 10.4 Å². The van der Waals surface area contributed by atoms with Crippen LogP contribution in [0.15, 0.2) is 0 Å². The van der Waals surface area contributed by atoms with Crippen LogP contribution >= 0.6 is 0 Å². The van der Waals surface area contributed by atoms with Gasteiger partial charge in [0.2, 0.25) is 0 Å². The summed E-state index contributed by atoms with van der Waals surface area (Å²) in [5.41, 5.74) is 0. The zero-order valence-electron chi connectivity index (χ0n) is 8.70. The second kappa shape index (κ2) is 3.89. The zero-order chi connectivity index (χ0) is 10.1. The van der Waals surface area contributed by atoms with Gasteiger partial charge in [0, 0.05) is 0 Å². The fourth-order valence-electron chi connectivity index (χ4n) is 3.04. The monoisotopic (exact) mass is 197 g/mol. The van der Waals surface area contributed by atoms with Gasteiger partial charge in [-0.25, -0.2) is 0 Å². The standard InChI is InChI=1S/C11H19NO2/c1-7(11(13)14)12-6-10-5-8-2-3-9(10)4-8/h7-10,12H,2-6H2,1H3,(H,13,14). The van der Waals surface area contributed by atoms with Crippen LogP contribution in [0, 0.1) is 17.8 Å². The molecule has 2 bridgehead atoms. The molecular weight excluding hydrogens is 178 g/mol. The van der Waals surface area contributed by atoms with E-state index in [2.05, 4.69) is 5.32 Å². The van der Waals surface area contributed by atoms with Gasteiger partial charge in [0.15, 0.2) is 0 Å². The minimum atomic E-state index is -0.742. The maximum Gasteiger partial charge on any atom is 0.320 e. The molecule has 0 aromatic carbocycles. The number of nitrogens with one attached hydrogen (secondary N) is 1. The Labute approximate surface area is 84.9 Å². The first-order valence-electron chi connectivity index (χ1n) is 5.63. The van der Waals surface area contributed by atoms with E-state index in [1.165, 1.54) is 25.7 Å². The van der Waals surface area contributed by atoms with Gasteiger partial charge in [-0.3, -0.25) is 4.79 Å². The summed E-state index contributed by atoms with van der Waals surface area (Å²) in [6.45, 7) is 2.62. The second-order valence-corrected chi connectivity index (χ2v) is 4.90. The Bertz CT molecular complexity index is 229. The van der Waals surface area contributed by atoms with E-state index in [1.54, 1.807) is 6.92 Å². The van der Waals surface area contributed by atoms with E-state index >= 15 is 0 Å². The summed E-state index contributed by atoms with van der Waals surface area (Å²) in [4.78, 5) is 10.6. The summed E-state index contributed by atoms with van der Waals surface area (Å²) in [6, 6.07) is -0.394. The van der Waals surface area contributed by atoms with Crippen LogP contribution in [0.4, 0.5) is 0 Å². The van der Waals surface area contributed by atoms with E-state index in [0.717, 1.165) is 24.3 Å². The van der Waals surface area contributed by atoms with Crippen molar-refractivity contribution in [3.63, 3.8) is 0 Å². The van der Waals surface area contributed by atoms with Crippen LogP contribution in [-0.2, 0) is 4.79 Å². The Kier molecular flexibility index (Phi) is 2.77. The molecule has 14 heavy (non-hydrogen) atoms. The molecule has 80 valence electrons. The molecule has 0 aromatic heterocycles. The number of hydrogen-bond donors (Lipinski definition) is 2. The van der Waals surface area contributed by atoms with Gasteiger partial charge >= 0.3 is 5.97 Å². The topological polar surface area (TPSA) is 49.3 Å². The Morgan fingerprint density at radius 3 is 2.79 bits per heavy atom. The fourth-order valence-corrected chi connectivity index (χ4v) is 3.04. The molecule has 3 heteroatoms. The molecule has 0 amide bonds. The van der Waals surface area contributed by atoms with Gasteiger partial charge in [-0.15, -0.1) is 0 Å². The largest absolute Gasteiger partial charge is 0.480 e.